The van der Waals surface area contributed by atoms with Crippen molar-refractivity contribution in [1.29, 1.82) is 0 Å². The summed E-state index contributed by atoms with van der Waals surface area (Å²) in [5.41, 5.74) is 0. The second-order valence-corrected chi connectivity index (χ2v) is 0.930. The summed E-state index contributed by atoms with van der Waals surface area (Å²) in [4.78, 5) is 10.8. The zero-order chi connectivity index (χ0) is 18.6. The summed E-state index contributed by atoms with van der Waals surface area (Å²) in [6, 6.07) is 0. The summed E-state index contributed by atoms with van der Waals surface area (Å²) in [6.45, 7) is -3.70. The molecule has 0 aromatic carbocycles. The van der Waals surface area contributed by atoms with Gasteiger partial charge in [0, 0.05) is 24.2 Å². The summed E-state index contributed by atoms with van der Waals surface area (Å²) in [5, 5.41) is 8.66. The van der Waals surface area contributed by atoms with Gasteiger partial charge >= 0.3 is 5.97 Å². The topological polar surface area (TPSA) is 37.3 Å². The Bertz CT molecular complexity index is 448. The fraction of sp³-hybridized carbons (Fsp3) is 0.857. The van der Waals surface area contributed by atoms with Gasteiger partial charge in [-0.1, -0.05) is 26.0 Å². The van der Waals surface area contributed by atoms with Crippen LogP contribution in [0, 0.1) is 0 Å². The molecule has 54 valence electrons. The van der Waals surface area contributed by atoms with E-state index in [4.69, 9.17) is 22.9 Å². The molecule has 0 fully saturated rings. The van der Waals surface area contributed by atoms with Gasteiger partial charge < -0.3 is 5.11 Å². The molecule has 0 heterocycles. The highest BCUT2D eigenvalue weighted by atomic mass is 16.4. The summed E-state index contributed by atoms with van der Waals surface area (Å²) in [5.74, 6) is -2.44. The first kappa shape index (κ1) is 1.13. The first-order valence-electron chi connectivity index (χ1n) is 8.43. The number of carboxylic acid groups (broad SMARTS) is 1. The molecule has 0 aliphatic carbocycles. The summed E-state index contributed by atoms with van der Waals surface area (Å²) in [6.07, 6.45) is -20.1. The molecule has 0 unspecified atom stereocenters. The predicted octanol–water partition coefficient (Wildman–Crippen LogP) is 2.04. The monoisotopic (exact) mass is 143 g/mol. The SMILES string of the molecule is [2H]C([2H])([2H])C([2H])([2H])C([2H])([2H])C([2H])([2H])C([2H])([2H])C([2H])([2H])C(=O)O. The third-order valence-electron chi connectivity index (χ3n) is 0.357. The van der Waals surface area contributed by atoms with Crippen molar-refractivity contribution in [2.24, 2.45) is 0 Å². The molecule has 0 bridgehead atoms. The van der Waals surface area contributed by atoms with Crippen LogP contribution in [0.1, 0.15) is 56.5 Å². The Labute approximate surface area is 74.1 Å². The number of aliphatic carboxylic acids is 1. The van der Waals surface area contributed by atoms with Gasteiger partial charge in [0.15, 0.2) is 0 Å². The smallest absolute Gasteiger partial charge is 0.303 e. The lowest BCUT2D eigenvalue weighted by atomic mass is 10.2. The van der Waals surface area contributed by atoms with Crippen LogP contribution in [0.2, 0.25) is 0 Å². The predicted molar refractivity (Wildman–Crippen MR) is 36.4 cm³/mol. The average Bonchev–Trinajstić information content (AvgIpc) is 2.25. The van der Waals surface area contributed by atoms with E-state index in [1.165, 1.54) is 0 Å². The third kappa shape index (κ3) is 7.47. The molecule has 0 atom stereocenters. The molecule has 0 radical (unpaired) electrons. The summed E-state index contributed by atoms with van der Waals surface area (Å²) < 4.78 is 94.0. The van der Waals surface area contributed by atoms with Crippen molar-refractivity contribution in [1.82, 2.24) is 0 Å². The Morgan fingerprint density at radius 2 is 2.44 bits per heavy atom. The van der Waals surface area contributed by atoms with Crippen molar-refractivity contribution in [2.45, 2.75) is 38.7 Å². The first-order valence-corrected chi connectivity index (χ1v) is 1.93. The molecule has 0 aromatic heterocycles. The zero-order valence-electron chi connectivity index (χ0n) is 17.4. The third-order valence-corrected chi connectivity index (χ3v) is 0.357. The molecule has 0 aromatic rings. The minimum atomic E-state index is -4.13. The van der Waals surface area contributed by atoms with E-state index < -0.39 is 44.7 Å². The van der Waals surface area contributed by atoms with Crippen LogP contribution >= 0.6 is 0 Å². The molecule has 9 heavy (non-hydrogen) atoms. The maximum atomic E-state index is 10.8. The molecular formula is C7H14O2. The van der Waals surface area contributed by atoms with E-state index in [0.717, 1.165) is 0 Å². The van der Waals surface area contributed by atoms with Crippen molar-refractivity contribution in [2.75, 3.05) is 0 Å². The molecule has 0 rings (SSSR count). The highest BCUT2D eigenvalue weighted by molar-refractivity contribution is 5.66. The summed E-state index contributed by atoms with van der Waals surface area (Å²) in [7, 11) is 0. The standard InChI is InChI=1S/C7H14O2/c1-2-3-4-5-6-7(8)9/h2-6H2,1H3,(H,8,9)/i1D3,2D2,3D2,4D2,5D2,6D2. The van der Waals surface area contributed by atoms with Crippen LogP contribution in [0.4, 0.5) is 0 Å². The van der Waals surface area contributed by atoms with E-state index in [2.05, 4.69) is 0 Å². The molecule has 0 spiro atoms. The zero-order valence-corrected chi connectivity index (χ0v) is 4.36. The van der Waals surface area contributed by atoms with E-state index >= 15 is 0 Å². The highest BCUT2D eigenvalue weighted by Gasteiger charge is 1.93. The average molecular weight is 143 g/mol. The lowest BCUT2D eigenvalue weighted by molar-refractivity contribution is -0.137. The van der Waals surface area contributed by atoms with Crippen molar-refractivity contribution in [3.63, 3.8) is 0 Å². The Balaban J connectivity index is 6.29. The van der Waals surface area contributed by atoms with Gasteiger partial charge in [0.1, 0.15) is 0 Å². The number of carbonyl (C=O) groups is 1. The second-order valence-electron chi connectivity index (χ2n) is 0.930. The molecule has 0 aliphatic heterocycles. The number of hydrogen-bond acceptors (Lipinski definition) is 1. The van der Waals surface area contributed by atoms with E-state index in [1.54, 1.807) is 0 Å². The molecule has 0 amide bonds. The second kappa shape index (κ2) is 5.60. The van der Waals surface area contributed by atoms with Crippen LogP contribution in [-0.2, 0) is 4.79 Å². The van der Waals surface area contributed by atoms with Gasteiger partial charge in [0.25, 0.3) is 0 Å². The van der Waals surface area contributed by atoms with Crippen LogP contribution < -0.4 is 0 Å². The van der Waals surface area contributed by atoms with Gasteiger partial charge in [0.2, 0.25) is 0 Å². The van der Waals surface area contributed by atoms with E-state index in [9.17, 15) is 4.79 Å². The molecule has 2 heteroatoms. The minimum absolute atomic E-state index is 2.44. The van der Waals surface area contributed by atoms with E-state index in [0.29, 0.717) is 0 Å². The molecule has 2 nitrogen and oxygen atoms in total. The molecule has 0 saturated heterocycles. The first-order chi connectivity index (χ1) is 9.19. The maximum Gasteiger partial charge on any atom is 0.303 e. The molecule has 0 aliphatic rings. The maximum absolute atomic E-state index is 10.8. The van der Waals surface area contributed by atoms with E-state index in [-0.39, 0.29) is 0 Å². The quantitative estimate of drug-likeness (QED) is 0.639. The van der Waals surface area contributed by atoms with Crippen LogP contribution in [-0.4, -0.2) is 11.1 Å². The Morgan fingerprint density at radius 3 is 3.00 bits per heavy atom. The number of rotatable bonds is 5. The number of carboxylic acids is 1. The van der Waals surface area contributed by atoms with Crippen molar-refractivity contribution >= 4 is 5.97 Å². The van der Waals surface area contributed by atoms with Crippen LogP contribution in [0.3, 0.4) is 0 Å². The van der Waals surface area contributed by atoms with Crippen molar-refractivity contribution in [3.8, 4) is 0 Å². The Kier molecular flexibility index (Phi) is 0.702. The molecule has 0 saturated carbocycles. The molecular weight excluding hydrogens is 116 g/mol. The van der Waals surface area contributed by atoms with Crippen molar-refractivity contribution < 1.29 is 27.7 Å². The summed E-state index contributed by atoms with van der Waals surface area (Å²) >= 11 is 0. The highest BCUT2D eigenvalue weighted by Crippen LogP contribution is 2.01. The normalized spacial score (nSPS) is 40.2. The fourth-order valence-corrected chi connectivity index (χ4v) is 0.147. The Hall–Kier alpha value is -0.530. The fourth-order valence-electron chi connectivity index (χ4n) is 0.147. The van der Waals surface area contributed by atoms with Gasteiger partial charge in [-0.15, -0.1) is 0 Å². The van der Waals surface area contributed by atoms with Gasteiger partial charge in [-0.2, -0.15) is 0 Å². The van der Waals surface area contributed by atoms with E-state index in [1.807, 2.05) is 0 Å². The van der Waals surface area contributed by atoms with Gasteiger partial charge in [-0.3, -0.25) is 4.79 Å². The largest absolute Gasteiger partial charge is 0.481 e. The van der Waals surface area contributed by atoms with Crippen LogP contribution in [0.15, 0.2) is 0 Å². The number of hydrogen-bond donors (Lipinski definition) is 1. The van der Waals surface area contributed by atoms with Crippen LogP contribution in [0.5, 0.6) is 0 Å². The van der Waals surface area contributed by atoms with Gasteiger partial charge in [-0.25, -0.2) is 0 Å². The van der Waals surface area contributed by atoms with Gasteiger partial charge in [-0.05, 0) is 6.37 Å². The molecule has 1 N–H and O–H groups in total. The van der Waals surface area contributed by atoms with Crippen molar-refractivity contribution in [3.05, 3.63) is 0 Å². The lowest BCUT2D eigenvalue weighted by Gasteiger charge is -1.92. The van der Waals surface area contributed by atoms with Gasteiger partial charge in [0.05, 0.1) is 0 Å². The Morgan fingerprint density at radius 1 is 1.67 bits per heavy atom. The minimum Gasteiger partial charge on any atom is -0.481 e. The lowest BCUT2D eigenvalue weighted by Crippen LogP contribution is -1.92. The van der Waals surface area contributed by atoms with Crippen LogP contribution in [0.25, 0.3) is 0 Å².